The summed E-state index contributed by atoms with van der Waals surface area (Å²) >= 11 is 3.73. The van der Waals surface area contributed by atoms with Crippen molar-refractivity contribution in [2.45, 2.75) is 72.9 Å². The third-order valence-electron chi connectivity index (χ3n) is 3.55. The molecule has 0 saturated heterocycles. The first-order valence-electron chi connectivity index (χ1n) is 7.77. The number of halogens is 1. The van der Waals surface area contributed by atoms with Gasteiger partial charge in [0, 0.05) is 12.1 Å². The molecule has 3 nitrogen and oxygen atoms in total. The van der Waals surface area contributed by atoms with Gasteiger partial charge in [0.25, 0.3) is 0 Å². The van der Waals surface area contributed by atoms with Gasteiger partial charge in [-0.05, 0) is 75.4 Å². The van der Waals surface area contributed by atoms with Crippen molar-refractivity contribution >= 4 is 15.9 Å². The van der Waals surface area contributed by atoms with Crippen LogP contribution in [0.2, 0.25) is 0 Å². The van der Waals surface area contributed by atoms with Gasteiger partial charge in [-0.3, -0.25) is 4.68 Å². The zero-order chi connectivity index (χ0) is 15.3. The second-order valence-electron chi connectivity index (χ2n) is 6.65. The van der Waals surface area contributed by atoms with E-state index in [1.165, 1.54) is 22.3 Å². The number of nitrogens with zero attached hydrogens (tertiary/aromatic N) is 2. The van der Waals surface area contributed by atoms with Crippen molar-refractivity contribution in [2.75, 3.05) is 6.54 Å². The summed E-state index contributed by atoms with van der Waals surface area (Å²) in [7, 11) is 0. The Morgan fingerprint density at radius 2 is 1.95 bits per heavy atom. The fourth-order valence-electron chi connectivity index (χ4n) is 2.22. The van der Waals surface area contributed by atoms with Crippen LogP contribution in [0.15, 0.2) is 4.47 Å². The van der Waals surface area contributed by atoms with Crippen LogP contribution < -0.4 is 5.32 Å². The maximum absolute atomic E-state index is 4.66. The van der Waals surface area contributed by atoms with Crippen LogP contribution in [0.5, 0.6) is 0 Å². The summed E-state index contributed by atoms with van der Waals surface area (Å²) in [5.41, 5.74) is 2.74. The van der Waals surface area contributed by atoms with Gasteiger partial charge in [0.05, 0.1) is 15.9 Å². The molecule has 0 aliphatic rings. The maximum Gasteiger partial charge on any atom is 0.0766 e. The highest BCUT2D eigenvalue weighted by molar-refractivity contribution is 9.10. The van der Waals surface area contributed by atoms with E-state index in [0.29, 0.717) is 5.92 Å². The molecule has 1 rings (SSSR count). The van der Waals surface area contributed by atoms with Crippen molar-refractivity contribution in [3.63, 3.8) is 0 Å². The van der Waals surface area contributed by atoms with E-state index >= 15 is 0 Å². The number of nitrogens with one attached hydrogen (secondary N) is 1. The van der Waals surface area contributed by atoms with Crippen LogP contribution in [0.4, 0.5) is 0 Å². The molecule has 0 saturated carbocycles. The van der Waals surface area contributed by atoms with Gasteiger partial charge >= 0.3 is 0 Å². The van der Waals surface area contributed by atoms with Gasteiger partial charge in [0.1, 0.15) is 0 Å². The molecular weight excluding hydrogens is 314 g/mol. The Morgan fingerprint density at radius 3 is 2.45 bits per heavy atom. The molecule has 4 heteroatoms. The highest BCUT2D eigenvalue weighted by atomic mass is 79.9. The highest BCUT2D eigenvalue weighted by Crippen LogP contribution is 2.24. The van der Waals surface area contributed by atoms with E-state index in [1.54, 1.807) is 0 Å². The van der Waals surface area contributed by atoms with Crippen molar-refractivity contribution in [3.8, 4) is 0 Å². The van der Waals surface area contributed by atoms with E-state index in [4.69, 9.17) is 0 Å². The SMILES string of the molecule is CCc1nn(CC)c(CCC(C)CNC(C)(C)C)c1Br. The molecule has 1 atom stereocenters. The molecule has 20 heavy (non-hydrogen) atoms. The fraction of sp³-hybridized carbons (Fsp3) is 0.812. The quantitative estimate of drug-likeness (QED) is 0.804. The molecule has 0 radical (unpaired) electrons. The first kappa shape index (κ1) is 17.7. The van der Waals surface area contributed by atoms with Crippen LogP contribution in [0, 0.1) is 5.92 Å². The number of hydrogen-bond donors (Lipinski definition) is 1. The van der Waals surface area contributed by atoms with Crippen LogP contribution >= 0.6 is 15.9 Å². The molecule has 0 amide bonds. The van der Waals surface area contributed by atoms with E-state index in [9.17, 15) is 0 Å². The zero-order valence-corrected chi connectivity index (χ0v) is 15.5. The van der Waals surface area contributed by atoms with Gasteiger partial charge in [-0.25, -0.2) is 0 Å². The first-order valence-corrected chi connectivity index (χ1v) is 8.56. The Morgan fingerprint density at radius 1 is 1.30 bits per heavy atom. The molecule has 0 bridgehead atoms. The molecular formula is C16H30BrN3. The normalized spacial score (nSPS) is 13.8. The maximum atomic E-state index is 4.66. The molecule has 1 heterocycles. The average Bonchev–Trinajstić information content (AvgIpc) is 2.69. The molecule has 116 valence electrons. The monoisotopic (exact) mass is 343 g/mol. The summed E-state index contributed by atoms with van der Waals surface area (Å²) in [5.74, 6) is 0.673. The summed E-state index contributed by atoms with van der Waals surface area (Å²) in [5, 5.41) is 8.25. The van der Waals surface area contributed by atoms with Crippen LogP contribution in [-0.4, -0.2) is 21.9 Å². The summed E-state index contributed by atoms with van der Waals surface area (Å²) in [6.45, 7) is 15.3. The number of hydrogen-bond acceptors (Lipinski definition) is 2. The second-order valence-corrected chi connectivity index (χ2v) is 7.44. The van der Waals surface area contributed by atoms with E-state index in [-0.39, 0.29) is 5.54 Å². The van der Waals surface area contributed by atoms with Gasteiger partial charge in [0.2, 0.25) is 0 Å². The topological polar surface area (TPSA) is 29.9 Å². The molecule has 0 aromatic carbocycles. The van der Waals surface area contributed by atoms with E-state index in [2.05, 4.69) is 72.6 Å². The lowest BCUT2D eigenvalue weighted by Gasteiger charge is -2.23. The number of rotatable bonds is 7. The molecule has 1 aromatic heterocycles. The molecule has 0 spiro atoms. The predicted molar refractivity (Wildman–Crippen MR) is 90.2 cm³/mol. The van der Waals surface area contributed by atoms with Crippen molar-refractivity contribution in [2.24, 2.45) is 5.92 Å². The Kier molecular flexibility index (Phi) is 6.73. The lowest BCUT2D eigenvalue weighted by Crippen LogP contribution is -2.38. The minimum Gasteiger partial charge on any atom is -0.312 e. The largest absolute Gasteiger partial charge is 0.312 e. The fourth-order valence-corrected chi connectivity index (χ4v) is 2.98. The van der Waals surface area contributed by atoms with Crippen molar-refractivity contribution in [1.29, 1.82) is 0 Å². The van der Waals surface area contributed by atoms with Crippen LogP contribution in [0.1, 0.15) is 59.4 Å². The Balaban J connectivity index is 2.59. The Labute approximate surface area is 132 Å². The van der Waals surface area contributed by atoms with Gasteiger partial charge in [-0.2, -0.15) is 5.10 Å². The first-order chi connectivity index (χ1) is 9.28. The average molecular weight is 344 g/mol. The Bertz CT molecular complexity index is 418. The van der Waals surface area contributed by atoms with Crippen LogP contribution in [-0.2, 0) is 19.4 Å². The van der Waals surface area contributed by atoms with Crippen LogP contribution in [0.3, 0.4) is 0 Å². The minimum atomic E-state index is 0.204. The molecule has 1 aromatic rings. The van der Waals surface area contributed by atoms with E-state index in [0.717, 1.165) is 25.9 Å². The Hall–Kier alpha value is -0.350. The third kappa shape index (κ3) is 5.21. The lowest BCUT2D eigenvalue weighted by molar-refractivity contribution is 0.370. The molecule has 1 unspecified atom stereocenters. The number of aryl methyl sites for hydroxylation is 2. The summed E-state index contributed by atoms with van der Waals surface area (Å²) in [6.07, 6.45) is 3.27. The van der Waals surface area contributed by atoms with Crippen molar-refractivity contribution in [3.05, 3.63) is 15.9 Å². The smallest absolute Gasteiger partial charge is 0.0766 e. The van der Waals surface area contributed by atoms with E-state index < -0.39 is 0 Å². The summed E-state index contributed by atoms with van der Waals surface area (Å²) in [6, 6.07) is 0. The molecule has 0 aliphatic heterocycles. The van der Waals surface area contributed by atoms with Gasteiger partial charge in [-0.1, -0.05) is 13.8 Å². The predicted octanol–water partition coefficient (Wildman–Crippen LogP) is 4.18. The third-order valence-corrected chi connectivity index (χ3v) is 4.46. The van der Waals surface area contributed by atoms with Crippen molar-refractivity contribution < 1.29 is 0 Å². The van der Waals surface area contributed by atoms with Crippen LogP contribution in [0.25, 0.3) is 0 Å². The minimum absolute atomic E-state index is 0.204. The van der Waals surface area contributed by atoms with E-state index in [1.807, 2.05) is 0 Å². The summed E-state index contributed by atoms with van der Waals surface area (Å²) < 4.78 is 3.37. The summed E-state index contributed by atoms with van der Waals surface area (Å²) in [4.78, 5) is 0. The number of aromatic nitrogens is 2. The highest BCUT2D eigenvalue weighted by Gasteiger charge is 2.16. The molecule has 0 fully saturated rings. The standard InChI is InChI=1S/C16H30BrN3/c1-7-13-15(17)14(20(8-2)19-13)10-9-12(3)11-18-16(4,5)6/h12,18H,7-11H2,1-6H3. The van der Waals surface area contributed by atoms with Gasteiger partial charge in [0.15, 0.2) is 0 Å². The second kappa shape index (κ2) is 7.60. The van der Waals surface area contributed by atoms with Crippen molar-refractivity contribution in [1.82, 2.24) is 15.1 Å². The molecule has 1 N–H and O–H groups in total. The lowest BCUT2D eigenvalue weighted by atomic mass is 10.0. The van der Waals surface area contributed by atoms with Gasteiger partial charge in [-0.15, -0.1) is 0 Å². The molecule has 0 aliphatic carbocycles. The zero-order valence-electron chi connectivity index (χ0n) is 13.9. The van der Waals surface area contributed by atoms with Gasteiger partial charge < -0.3 is 5.32 Å².